The number of nitriles is 1. The Morgan fingerprint density at radius 1 is 1.15 bits per heavy atom. The van der Waals surface area contributed by atoms with Crippen LogP contribution in [0.4, 0.5) is 10.5 Å². The van der Waals surface area contributed by atoms with Gasteiger partial charge in [-0.25, -0.2) is 4.79 Å². The maximum Gasteiger partial charge on any atom is 0.412 e. The lowest BCUT2D eigenvalue weighted by Crippen LogP contribution is -2.27. The van der Waals surface area contributed by atoms with E-state index in [1.54, 1.807) is 59.7 Å². The molecule has 2 aromatic rings. The lowest BCUT2D eigenvalue weighted by Gasteiger charge is -2.19. The Hall–Kier alpha value is -3.08. The van der Waals surface area contributed by atoms with E-state index in [0.717, 1.165) is 0 Å². The summed E-state index contributed by atoms with van der Waals surface area (Å²) in [6.45, 7) is 10.5. The fourth-order valence-electron chi connectivity index (χ4n) is 2.38. The van der Waals surface area contributed by atoms with Crippen LogP contribution in [-0.2, 0) is 20.8 Å². The van der Waals surface area contributed by atoms with Crippen LogP contribution in [0.2, 0.25) is 0 Å². The minimum absolute atomic E-state index is 0.117. The van der Waals surface area contributed by atoms with Gasteiger partial charge in [0.1, 0.15) is 23.8 Å². The van der Waals surface area contributed by atoms with Gasteiger partial charge >= 0.3 is 12.1 Å². The first-order chi connectivity index (χ1) is 12.4. The molecule has 1 amide bonds. The van der Waals surface area contributed by atoms with Crippen LogP contribution in [0, 0.1) is 11.3 Å². The summed E-state index contributed by atoms with van der Waals surface area (Å²) in [5.74, 6) is -0.452. The molecule has 144 valence electrons. The zero-order chi connectivity index (χ0) is 20.4. The number of anilines is 1. The van der Waals surface area contributed by atoms with Crippen molar-refractivity contribution < 1.29 is 19.1 Å². The summed E-state index contributed by atoms with van der Waals surface area (Å²) in [4.78, 5) is 24.0. The van der Waals surface area contributed by atoms with E-state index >= 15 is 0 Å². The molecule has 0 radical (unpaired) electrons. The molecule has 8 heteroatoms. The third-order valence-electron chi connectivity index (χ3n) is 3.20. The highest BCUT2D eigenvalue weighted by molar-refractivity contribution is 5.92. The molecule has 1 aromatic carbocycles. The highest BCUT2D eigenvalue weighted by Crippen LogP contribution is 2.23. The molecule has 0 fully saturated rings. The molecular formula is C19H24N4O4. The molecule has 0 bridgehead atoms. The van der Waals surface area contributed by atoms with E-state index in [0.29, 0.717) is 16.6 Å². The molecule has 0 aliphatic carbocycles. The van der Waals surface area contributed by atoms with Gasteiger partial charge in [-0.15, -0.1) is 0 Å². The Morgan fingerprint density at radius 3 is 2.33 bits per heavy atom. The Morgan fingerprint density at radius 2 is 1.78 bits per heavy atom. The first-order valence-electron chi connectivity index (χ1n) is 8.50. The minimum Gasteiger partial charge on any atom is -0.459 e. The van der Waals surface area contributed by atoms with Crippen LogP contribution in [0.1, 0.15) is 47.2 Å². The lowest BCUT2D eigenvalue weighted by atomic mass is 10.2. The summed E-state index contributed by atoms with van der Waals surface area (Å²) in [7, 11) is 0. The number of rotatable bonds is 3. The molecule has 1 N–H and O–H groups in total. The molecule has 8 nitrogen and oxygen atoms in total. The van der Waals surface area contributed by atoms with Crippen molar-refractivity contribution in [2.24, 2.45) is 0 Å². The van der Waals surface area contributed by atoms with Gasteiger partial charge in [-0.05, 0) is 59.7 Å². The quantitative estimate of drug-likeness (QED) is 0.825. The van der Waals surface area contributed by atoms with Gasteiger partial charge in [0.2, 0.25) is 0 Å². The number of nitrogens with one attached hydrogen (secondary N) is 1. The SMILES string of the molecule is CC(C)(C)OC(=O)Cn1nc(C#N)c2cc(NC(=O)OC(C)(C)C)ccc21. The number of esters is 1. The van der Waals surface area contributed by atoms with Crippen molar-refractivity contribution in [1.29, 1.82) is 5.26 Å². The third-order valence-corrected chi connectivity index (χ3v) is 3.20. The Balaban J connectivity index is 2.27. The number of nitrogens with zero attached hydrogens (tertiary/aromatic N) is 3. The van der Waals surface area contributed by atoms with Gasteiger partial charge in [-0.1, -0.05) is 0 Å². The number of carbonyl (C=O) groups excluding carboxylic acids is 2. The van der Waals surface area contributed by atoms with Crippen molar-refractivity contribution in [3.8, 4) is 6.07 Å². The molecular weight excluding hydrogens is 348 g/mol. The lowest BCUT2D eigenvalue weighted by molar-refractivity contribution is -0.155. The number of hydrogen-bond donors (Lipinski definition) is 1. The molecule has 0 saturated carbocycles. The Bertz CT molecular complexity index is 911. The zero-order valence-electron chi connectivity index (χ0n) is 16.4. The first kappa shape index (κ1) is 20.2. The highest BCUT2D eigenvalue weighted by Gasteiger charge is 2.20. The number of benzene rings is 1. The number of ether oxygens (including phenoxy) is 2. The van der Waals surface area contributed by atoms with Crippen LogP contribution in [0.25, 0.3) is 10.9 Å². The van der Waals surface area contributed by atoms with E-state index < -0.39 is 23.3 Å². The number of carbonyl (C=O) groups is 2. The number of fused-ring (bicyclic) bond motifs is 1. The summed E-state index contributed by atoms with van der Waals surface area (Å²) >= 11 is 0. The van der Waals surface area contributed by atoms with E-state index in [4.69, 9.17) is 9.47 Å². The van der Waals surface area contributed by atoms with Gasteiger partial charge < -0.3 is 9.47 Å². The predicted molar refractivity (Wildman–Crippen MR) is 100 cm³/mol. The molecule has 1 aromatic heterocycles. The monoisotopic (exact) mass is 372 g/mol. The van der Waals surface area contributed by atoms with Crippen molar-refractivity contribution in [3.63, 3.8) is 0 Å². The van der Waals surface area contributed by atoms with Crippen molar-refractivity contribution in [1.82, 2.24) is 9.78 Å². The van der Waals surface area contributed by atoms with Crippen molar-refractivity contribution in [2.45, 2.75) is 59.3 Å². The molecule has 27 heavy (non-hydrogen) atoms. The van der Waals surface area contributed by atoms with Gasteiger partial charge in [-0.2, -0.15) is 10.4 Å². The largest absolute Gasteiger partial charge is 0.459 e. The van der Waals surface area contributed by atoms with Gasteiger partial charge in [0.05, 0.1) is 5.52 Å². The fraction of sp³-hybridized carbons (Fsp3) is 0.474. The molecule has 2 rings (SSSR count). The normalized spacial score (nSPS) is 11.7. The molecule has 0 aliphatic rings. The Kier molecular flexibility index (Phi) is 5.45. The number of hydrogen-bond acceptors (Lipinski definition) is 6. The number of aromatic nitrogens is 2. The second kappa shape index (κ2) is 7.27. The van der Waals surface area contributed by atoms with E-state index in [9.17, 15) is 14.9 Å². The van der Waals surface area contributed by atoms with Gasteiger partial charge in [0.25, 0.3) is 0 Å². The predicted octanol–water partition coefficient (Wildman–Crippen LogP) is 3.60. The maximum absolute atomic E-state index is 12.1. The van der Waals surface area contributed by atoms with Crippen molar-refractivity contribution in [3.05, 3.63) is 23.9 Å². The van der Waals surface area contributed by atoms with Crippen LogP contribution >= 0.6 is 0 Å². The topological polar surface area (TPSA) is 106 Å². The molecule has 0 spiro atoms. The maximum atomic E-state index is 12.1. The molecule has 0 saturated heterocycles. The molecule has 1 heterocycles. The third kappa shape index (κ3) is 5.71. The Labute approximate surface area is 158 Å². The van der Waals surface area contributed by atoms with Gasteiger partial charge in [0, 0.05) is 11.1 Å². The van der Waals surface area contributed by atoms with Crippen LogP contribution in [0.15, 0.2) is 18.2 Å². The summed E-state index contributed by atoms with van der Waals surface area (Å²) in [6.07, 6.45) is -0.596. The molecule has 0 atom stereocenters. The van der Waals surface area contributed by atoms with E-state index in [1.165, 1.54) is 4.68 Å². The average molecular weight is 372 g/mol. The van der Waals surface area contributed by atoms with Gasteiger partial charge in [0.15, 0.2) is 5.69 Å². The number of amides is 1. The van der Waals surface area contributed by atoms with Crippen LogP contribution in [0.5, 0.6) is 0 Å². The highest BCUT2D eigenvalue weighted by atomic mass is 16.6. The van der Waals surface area contributed by atoms with Crippen LogP contribution in [0.3, 0.4) is 0 Å². The smallest absolute Gasteiger partial charge is 0.412 e. The van der Waals surface area contributed by atoms with E-state index in [2.05, 4.69) is 10.4 Å². The summed E-state index contributed by atoms with van der Waals surface area (Å²) in [5, 5.41) is 16.7. The minimum atomic E-state index is -0.621. The fourth-order valence-corrected chi connectivity index (χ4v) is 2.38. The molecule has 0 aliphatic heterocycles. The average Bonchev–Trinajstić information content (AvgIpc) is 2.80. The second-order valence-electron chi connectivity index (χ2n) is 8.06. The zero-order valence-corrected chi connectivity index (χ0v) is 16.4. The summed E-state index contributed by atoms with van der Waals surface area (Å²) in [6, 6.07) is 6.96. The van der Waals surface area contributed by atoms with Gasteiger partial charge in [-0.3, -0.25) is 14.8 Å². The van der Waals surface area contributed by atoms with Crippen LogP contribution in [-0.4, -0.2) is 33.0 Å². The van der Waals surface area contributed by atoms with Crippen molar-refractivity contribution >= 4 is 28.7 Å². The van der Waals surface area contributed by atoms with Crippen LogP contribution < -0.4 is 5.32 Å². The summed E-state index contributed by atoms with van der Waals surface area (Å²) < 4.78 is 11.9. The molecule has 0 unspecified atom stereocenters. The standard InChI is InChI=1S/C19H24N4O4/c1-18(2,3)26-16(24)11-23-15-8-7-12(9-13(15)14(10-20)22-23)21-17(25)27-19(4,5)6/h7-9H,11H2,1-6H3,(H,21,25). The van der Waals surface area contributed by atoms with E-state index in [-0.39, 0.29) is 12.2 Å². The van der Waals surface area contributed by atoms with E-state index in [1.807, 2.05) is 6.07 Å². The second-order valence-corrected chi connectivity index (χ2v) is 8.06. The van der Waals surface area contributed by atoms with Crippen molar-refractivity contribution in [2.75, 3.05) is 5.32 Å². The summed E-state index contributed by atoms with van der Waals surface area (Å²) in [5.41, 5.74) is -0.0222. The first-order valence-corrected chi connectivity index (χ1v) is 8.50.